The Labute approximate surface area is 222 Å². The molecular weight excluding hydrogens is 511 g/mol. The third-order valence-electron chi connectivity index (χ3n) is 7.11. The van der Waals surface area contributed by atoms with E-state index in [4.69, 9.17) is 31.9 Å². The molecular formula is C27H24ClFN6O3. The van der Waals surface area contributed by atoms with E-state index in [0.717, 1.165) is 12.0 Å². The maximum atomic E-state index is 13.5. The lowest BCUT2D eigenvalue weighted by molar-refractivity contribution is -0.126. The number of anilines is 1. The Morgan fingerprint density at radius 3 is 2.79 bits per heavy atom. The predicted octanol–water partition coefficient (Wildman–Crippen LogP) is 4.78. The van der Waals surface area contributed by atoms with Crippen molar-refractivity contribution in [1.82, 2.24) is 24.6 Å². The second-order valence-corrected chi connectivity index (χ2v) is 9.93. The lowest BCUT2D eigenvalue weighted by Crippen LogP contribution is -2.35. The van der Waals surface area contributed by atoms with Crippen molar-refractivity contribution in [1.29, 1.82) is 0 Å². The van der Waals surface area contributed by atoms with E-state index in [-0.39, 0.29) is 17.0 Å². The van der Waals surface area contributed by atoms with Crippen LogP contribution in [0.3, 0.4) is 0 Å². The third kappa shape index (κ3) is 4.25. The summed E-state index contributed by atoms with van der Waals surface area (Å²) >= 11 is 5.86. The molecule has 2 N–H and O–H groups in total. The highest BCUT2D eigenvalue weighted by atomic mass is 35.5. The second kappa shape index (κ2) is 9.38. The summed E-state index contributed by atoms with van der Waals surface area (Å²) in [6.45, 7) is 5.20. The first-order valence-corrected chi connectivity index (χ1v) is 12.5. The van der Waals surface area contributed by atoms with Crippen LogP contribution in [0.25, 0.3) is 22.3 Å². The number of hydrogen-bond acceptors (Lipinski definition) is 7. The van der Waals surface area contributed by atoms with E-state index in [1.807, 2.05) is 16.8 Å². The number of carbonyl (C=O) groups excluding carboxylic acids is 1. The molecule has 2 aliphatic heterocycles. The van der Waals surface area contributed by atoms with E-state index in [2.05, 4.69) is 16.5 Å². The zero-order valence-electron chi connectivity index (χ0n) is 20.3. The van der Waals surface area contributed by atoms with Crippen molar-refractivity contribution in [3.63, 3.8) is 0 Å². The van der Waals surface area contributed by atoms with E-state index >= 15 is 0 Å². The zero-order chi connectivity index (χ0) is 26.4. The molecule has 1 spiro atoms. The summed E-state index contributed by atoms with van der Waals surface area (Å²) in [5, 5.41) is 5.56. The van der Waals surface area contributed by atoms with Gasteiger partial charge in [-0.05, 0) is 48.9 Å². The summed E-state index contributed by atoms with van der Waals surface area (Å²) in [5.41, 5.74) is 7.94. The minimum atomic E-state index is -0.509. The van der Waals surface area contributed by atoms with Crippen molar-refractivity contribution in [2.75, 3.05) is 25.4 Å². The highest BCUT2D eigenvalue weighted by molar-refractivity contribution is 6.30. The number of likely N-dealkylation sites (tertiary alicyclic amines) is 1. The number of halogens is 2. The second-order valence-electron chi connectivity index (χ2n) is 9.52. The van der Waals surface area contributed by atoms with Gasteiger partial charge in [0.25, 0.3) is 0 Å². The van der Waals surface area contributed by atoms with Gasteiger partial charge < -0.3 is 20.1 Å². The summed E-state index contributed by atoms with van der Waals surface area (Å²) < 4.78 is 27.4. The topological polar surface area (TPSA) is 108 Å². The molecule has 0 bridgehead atoms. The highest BCUT2D eigenvalue weighted by Crippen LogP contribution is 2.42. The zero-order valence-corrected chi connectivity index (χ0v) is 21.1. The molecule has 11 heteroatoms. The maximum absolute atomic E-state index is 13.5. The molecule has 194 valence electrons. The predicted molar refractivity (Wildman–Crippen MR) is 140 cm³/mol. The van der Waals surface area contributed by atoms with Gasteiger partial charge in [0.2, 0.25) is 5.91 Å². The molecule has 2 atom stereocenters. The molecule has 2 fully saturated rings. The van der Waals surface area contributed by atoms with Crippen molar-refractivity contribution >= 4 is 34.4 Å². The average Bonchev–Trinajstić information content (AvgIpc) is 3.64. The molecule has 6 rings (SSSR count). The molecule has 0 radical (unpaired) electrons. The molecule has 2 aliphatic rings. The number of hydrogen-bond donors (Lipinski definition) is 1. The minimum absolute atomic E-state index is 0.0121. The highest BCUT2D eigenvalue weighted by Gasteiger charge is 2.47. The van der Waals surface area contributed by atoms with Gasteiger partial charge in [-0.25, -0.2) is 19.0 Å². The molecule has 1 amide bonds. The Hall–Kier alpha value is -4.02. The number of ether oxygens (including phenoxy) is 2. The smallest absolute Gasteiger partial charge is 0.246 e. The summed E-state index contributed by atoms with van der Waals surface area (Å²) in [6.07, 6.45) is 4.22. The Balaban J connectivity index is 1.29. The van der Waals surface area contributed by atoms with Gasteiger partial charge in [0, 0.05) is 24.6 Å². The fraction of sp³-hybridized carbons (Fsp3) is 0.259. The van der Waals surface area contributed by atoms with Crippen LogP contribution in [0.1, 0.15) is 18.9 Å². The van der Waals surface area contributed by atoms with Crippen LogP contribution in [0, 0.1) is 5.82 Å². The van der Waals surface area contributed by atoms with Crippen molar-refractivity contribution in [2.45, 2.75) is 24.5 Å². The summed E-state index contributed by atoms with van der Waals surface area (Å²) in [6, 6.07) is 11.4. The summed E-state index contributed by atoms with van der Waals surface area (Å²) in [7, 11) is 0. The van der Waals surface area contributed by atoms with Crippen LogP contribution in [0.4, 0.5) is 10.2 Å². The number of benzene rings is 2. The first-order chi connectivity index (χ1) is 18.4. The van der Waals surface area contributed by atoms with Gasteiger partial charge in [0.1, 0.15) is 35.2 Å². The fourth-order valence-electron chi connectivity index (χ4n) is 5.23. The standard InChI is InChI=1S/C27H24ClFN6O3/c1-2-22(36)34-10-9-27(14-34)12-17(13-37-27)35-26-23(25(30)31-15-32-26)24(33-35)16-3-5-18(6-4-16)38-19-7-8-21(29)20(28)11-19/h2-8,11,15,17H,1,9-10,12-14H2,(H2,30,31,32). The first kappa shape index (κ1) is 24.3. The van der Waals surface area contributed by atoms with Crippen molar-refractivity contribution in [2.24, 2.45) is 0 Å². The van der Waals surface area contributed by atoms with E-state index in [9.17, 15) is 9.18 Å². The average molecular weight is 535 g/mol. The Morgan fingerprint density at radius 2 is 2.03 bits per heavy atom. The Bertz CT molecular complexity index is 1560. The number of carbonyl (C=O) groups is 1. The number of nitrogens with two attached hydrogens (primary N) is 1. The van der Waals surface area contributed by atoms with Gasteiger partial charge in [-0.3, -0.25) is 4.79 Å². The van der Waals surface area contributed by atoms with Gasteiger partial charge >= 0.3 is 0 Å². The number of nitrogen functional groups attached to an aromatic ring is 1. The Kier molecular flexibility index (Phi) is 6.00. The molecule has 2 unspecified atom stereocenters. The summed E-state index contributed by atoms with van der Waals surface area (Å²) in [5.74, 6) is 0.707. The monoisotopic (exact) mass is 534 g/mol. The molecule has 0 saturated carbocycles. The molecule has 38 heavy (non-hydrogen) atoms. The quantitative estimate of drug-likeness (QED) is 0.367. The fourth-order valence-corrected chi connectivity index (χ4v) is 5.40. The minimum Gasteiger partial charge on any atom is -0.457 e. The van der Waals surface area contributed by atoms with E-state index in [1.54, 1.807) is 17.0 Å². The van der Waals surface area contributed by atoms with Gasteiger partial charge in [0.05, 0.1) is 35.2 Å². The van der Waals surface area contributed by atoms with E-state index < -0.39 is 11.4 Å². The molecule has 4 heterocycles. The lowest BCUT2D eigenvalue weighted by Gasteiger charge is -2.22. The molecule has 2 aromatic carbocycles. The maximum Gasteiger partial charge on any atom is 0.246 e. The Morgan fingerprint density at radius 1 is 1.24 bits per heavy atom. The van der Waals surface area contributed by atoms with E-state index in [1.165, 1.54) is 30.6 Å². The molecule has 0 aliphatic carbocycles. The van der Waals surface area contributed by atoms with Crippen LogP contribution in [-0.2, 0) is 9.53 Å². The molecule has 2 saturated heterocycles. The molecule has 4 aromatic rings. The van der Waals surface area contributed by atoms with Gasteiger partial charge in [-0.1, -0.05) is 18.2 Å². The van der Waals surface area contributed by atoms with Crippen molar-refractivity contribution in [3.8, 4) is 22.8 Å². The number of aromatic nitrogens is 4. The number of fused-ring (bicyclic) bond motifs is 1. The van der Waals surface area contributed by atoms with Gasteiger partial charge in [-0.15, -0.1) is 0 Å². The SMILES string of the molecule is C=CC(=O)N1CCC2(CC(n3nc(-c4ccc(Oc5ccc(F)c(Cl)c5)cc4)c4c(N)ncnc43)CO2)C1. The number of nitrogens with zero attached hydrogens (tertiary/aromatic N) is 5. The normalized spacial score (nSPS) is 20.9. The lowest BCUT2D eigenvalue weighted by atomic mass is 9.97. The van der Waals surface area contributed by atoms with Crippen LogP contribution < -0.4 is 10.5 Å². The van der Waals surface area contributed by atoms with Crippen LogP contribution in [0.15, 0.2) is 61.4 Å². The van der Waals surface area contributed by atoms with Crippen LogP contribution in [0.5, 0.6) is 11.5 Å². The summed E-state index contributed by atoms with van der Waals surface area (Å²) in [4.78, 5) is 22.6. The van der Waals surface area contributed by atoms with Crippen LogP contribution in [-0.4, -0.2) is 55.9 Å². The number of rotatable bonds is 5. The molecule has 9 nitrogen and oxygen atoms in total. The third-order valence-corrected chi connectivity index (χ3v) is 7.40. The molecule has 2 aromatic heterocycles. The van der Waals surface area contributed by atoms with Crippen molar-refractivity contribution in [3.05, 3.63) is 72.3 Å². The van der Waals surface area contributed by atoms with Crippen molar-refractivity contribution < 1.29 is 18.7 Å². The van der Waals surface area contributed by atoms with Crippen LogP contribution in [0.2, 0.25) is 5.02 Å². The largest absolute Gasteiger partial charge is 0.457 e. The number of amides is 1. The van der Waals surface area contributed by atoms with Gasteiger partial charge in [-0.2, -0.15) is 5.10 Å². The van der Waals surface area contributed by atoms with Crippen LogP contribution >= 0.6 is 11.6 Å². The first-order valence-electron chi connectivity index (χ1n) is 12.1. The van der Waals surface area contributed by atoms with Gasteiger partial charge in [0.15, 0.2) is 5.65 Å². The van der Waals surface area contributed by atoms with E-state index in [0.29, 0.717) is 60.2 Å².